The predicted octanol–water partition coefficient (Wildman–Crippen LogP) is 4.75. The summed E-state index contributed by atoms with van der Waals surface area (Å²) < 4.78 is 6.94. The van der Waals surface area contributed by atoms with E-state index in [1.54, 1.807) is 6.92 Å². The van der Waals surface area contributed by atoms with Crippen molar-refractivity contribution in [1.82, 2.24) is 0 Å². The number of halogens is 1. The summed E-state index contributed by atoms with van der Waals surface area (Å²) in [5, 5.41) is 12.9. The second kappa shape index (κ2) is 6.37. The molecule has 2 unspecified atom stereocenters. The first-order valence-corrected chi connectivity index (χ1v) is 9.37. The first-order valence-electron chi connectivity index (χ1n) is 8.58. The highest BCUT2D eigenvalue weighted by atomic mass is 79.9. The van der Waals surface area contributed by atoms with Gasteiger partial charge in [0.25, 0.3) is 0 Å². The second-order valence-corrected chi connectivity index (χ2v) is 7.69. The van der Waals surface area contributed by atoms with E-state index in [0.29, 0.717) is 12.6 Å². The number of fused-ring (bicyclic) bond motifs is 2. The lowest BCUT2D eigenvalue weighted by atomic mass is 9.89. The van der Waals surface area contributed by atoms with E-state index in [2.05, 4.69) is 39.4 Å². The van der Waals surface area contributed by atoms with Crippen LogP contribution in [0.1, 0.15) is 42.0 Å². The Labute approximate surface area is 155 Å². The molecule has 0 aromatic heterocycles. The molecule has 2 aromatic rings. The SMILES string of the molecule is CC(C(=O)O)[C@@H]1COc2cc(NC3CCc4c(Br)cccc43)ccc21. The zero-order chi connectivity index (χ0) is 17.6. The van der Waals surface area contributed by atoms with Crippen molar-refractivity contribution in [1.29, 1.82) is 0 Å². The Hall–Kier alpha value is -2.01. The van der Waals surface area contributed by atoms with Crippen LogP contribution in [0.25, 0.3) is 0 Å². The van der Waals surface area contributed by atoms with Crippen molar-refractivity contribution in [2.75, 3.05) is 11.9 Å². The maximum absolute atomic E-state index is 11.3. The Morgan fingerprint density at radius 3 is 2.96 bits per heavy atom. The number of hydrogen-bond acceptors (Lipinski definition) is 3. The third kappa shape index (κ3) is 2.91. The quantitative estimate of drug-likeness (QED) is 0.776. The largest absolute Gasteiger partial charge is 0.493 e. The summed E-state index contributed by atoms with van der Waals surface area (Å²) in [4.78, 5) is 11.3. The van der Waals surface area contributed by atoms with Crippen LogP contribution in [0.15, 0.2) is 40.9 Å². The summed E-state index contributed by atoms with van der Waals surface area (Å²) in [6, 6.07) is 12.7. The van der Waals surface area contributed by atoms with Gasteiger partial charge in [-0.05, 0) is 36.1 Å². The number of anilines is 1. The second-order valence-electron chi connectivity index (χ2n) is 6.84. The first kappa shape index (κ1) is 16.5. The van der Waals surface area contributed by atoms with Gasteiger partial charge >= 0.3 is 5.97 Å². The van der Waals surface area contributed by atoms with Gasteiger partial charge in [0.2, 0.25) is 0 Å². The van der Waals surface area contributed by atoms with Crippen LogP contribution in [-0.4, -0.2) is 17.7 Å². The molecule has 1 aliphatic heterocycles. The summed E-state index contributed by atoms with van der Waals surface area (Å²) in [5.74, 6) is -0.504. The lowest BCUT2D eigenvalue weighted by molar-refractivity contribution is -0.142. The van der Waals surface area contributed by atoms with E-state index in [0.717, 1.165) is 29.8 Å². The first-order chi connectivity index (χ1) is 12.0. The van der Waals surface area contributed by atoms with E-state index < -0.39 is 11.9 Å². The molecular weight excluding hydrogens is 382 g/mol. The molecule has 4 rings (SSSR count). The molecule has 2 aromatic carbocycles. The molecule has 0 amide bonds. The number of carboxylic acids is 1. The molecular formula is C20H20BrNO3. The molecule has 0 fully saturated rings. The average molecular weight is 402 g/mol. The molecule has 130 valence electrons. The minimum Gasteiger partial charge on any atom is -0.493 e. The van der Waals surface area contributed by atoms with Crippen LogP contribution in [0, 0.1) is 5.92 Å². The fourth-order valence-corrected chi connectivity index (χ4v) is 4.45. The van der Waals surface area contributed by atoms with E-state index in [9.17, 15) is 9.90 Å². The maximum Gasteiger partial charge on any atom is 0.306 e. The Kier molecular flexibility index (Phi) is 4.20. The standard InChI is InChI=1S/C20H20BrNO3/c1-11(20(23)24)16-10-25-19-9-12(5-6-15(16)19)22-18-8-7-13-14(18)3-2-4-17(13)21/h2-6,9,11,16,18,22H,7-8,10H2,1H3,(H,23,24)/t11?,16-,18?/m0/s1. The minimum absolute atomic E-state index is 0.0790. The zero-order valence-corrected chi connectivity index (χ0v) is 15.5. The average Bonchev–Trinajstić information content (AvgIpc) is 3.19. The normalized spacial score (nSPS) is 22.0. The third-order valence-electron chi connectivity index (χ3n) is 5.38. The van der Waals surface area contributed by atoms with E-state index in [1.165, 1.54) is 15.6 Å². The van der Waals surface area contributed by atoms with Gasteiger partial charge in [0.05, 0.1) is 18.6 Å². The fourth-order valence-electron chi connectivity index (χ4n) is 3.87. The molecule has 0 bridgehead atoms. The van der Waals surface area contributed by atoms with Crippen molar-refractivity contribution in [3.05, 3.63) is 57.6 Å². The van der Waals surface area contributed by atoms with Crippen molar-refractivity contribution >= 4 is 27.6 Å². The van der Waals surface area contributed by atoms with Crippen molar-refractivity contribution in [3.8, 4) is 5.75 Å². The number of hydrogen-bond donors (Lipinski definition) is 2. The Balaban J connectivity index is 1.55. The van der Waals surface area contributed by atoms with E-state index in [-0.39, 0.29) is 5.92 Å². The smallest absolute Gasteiger partial charge is 0.306 e. The zero-order valence-electron chi connectivity index (χ0n) is 14.0. The lowest BCUT2D eigenvalue weighted by Gasteiger charge is -2.17. The van der Waals surface area contributed by atoms with Crippen molar-refractivity contribution < 1.29 is 14.6 Å². The molecule has 0 spiro atoms. The minimum atomic E-state index is -0.781. The van der Waals surface area contributed by atoms with Gasteiger partial charge in [-0.3, -0.25) is 4.79 Å². The highest BCUT2D eigenvalue weighted by molar-refractivity contribution is 9.10. The molecule has 0 radical (unpaired) electrons. The molecule has 1 heterocycles. The molecule has 2 N–H and O–H groups in total. The molecule has 0 saturated carbocycles. The summed E-state index contributed by atoms with van der Waals surface area (Å²) in [6.07, 6.45) is 2.13. The Bertz CT molecular complexity index is 836. The fraction of sp³-hybridized carbons (Fsp3) is 0.350. The highest BCUT2D eigenvalue weighted by Crippen LogP contribution is 2.42. The molecule has 25 heavy (non-hydrogen) atoms. The van der Waals surface area contributed by atoms with Crippen molar-refractivity contribution in [3.63, 3.8) is 0 Å². The van der Waals surface area contributed by atoms with Crippen LogP contribution in [0.5, 0.6) is 5.75 Å². The van der Waals surface area contributed by atoms with E-state index in [4.69, 9.17) is 4.74 Å². The summed E-state index contributed by atoms with van der Waals surface area (Å²) >= 11 is 3.64. The number of ether oxygens (including phenoxy) is 1. The third-order valence-corrected chi connectivity index (χ3v) is 6.12. The van der Waals surface area contributed by atoms with Gasteiger partial charge in [-0.25, -0.2) is 0 Å². The number of benzene rings is 2. The van der Waals surface area contributed by atoms with Gasteiger partial charge in [0, 0.05) is 27.7 Å². The molecule has 3 atom stereocenters. The molecule has 4 nitrogen and oxygen atoms in total. The topological polar surface area (TPSA) is 58.6 Å². The molecule has 5 heteroatoms. The number of nitrogens with one attached hydrogen (secondary N) is 1. The monoisotopic (exact) mass is 401 g/mol. The lowest BCUT2D eigenvalue weighted by Crippen LogP contribution is -2.19. The van der Waals surface area contributed by atoms with Gasteiger partial charge < -0.3 is 15.2 Å². The van der Waals surface area contributed by atoms with Gasteiger partial charge in [-0.1, -0.05) is 41.1 Å². The van der Waals surface area contributed by atoms with E-state index >= 15 is 0 Å². The van der Waals surface area contributed by atoms with Gasteiger partial charge in [-0.15, -0.1) is 0 Å². The maximum atomic E-state index is 11.3. The van der Waals surface area contributed by atoms with Crippen molar-refractivity contribution in [2.45, 2.75) is 31.7 Å². The summed E-state index contributed by atoms with van der Waals surface area (Å²) in [5.41, 5.74) is 4.73. The van der Waals surface area contributed by atoms with Crippen molar-refractivity contribution in [2.24, 2.45) is 5.92 Å². The van der Waals surface area contributed by atoms with Gasteiger partial charge in [0.1, 0.15) is 5.75 Å². The molecule has 1 aliphatic carbocycles. The van der Waals surface area contributed by atoms with E-state index in [1.807, 2.05) is 18.2 Å². The summed E-state index contributed by atoms with van der Waals surface area (Å²) in [6.45, 7) is 2.18. The molecule has 2 aliphatic rings. The number of rotatable bonds is 4. The number of carboxylic acid groups (broad SMARTS) is 1. The number of aliphatic carboxylic acids is 1. The Morgan fingerprint density at radius 1 is 1.32 bits per heavy atom. The van der Waals surface area contributed by atoms with Crippen LogP contribution in [0.2, 0.25) is 0 Å². The predicted molar refractivity (Wildman–Crippen MR) is 100 cm³/mol. The highest BCUT2D eigenvalue weighted by Gasteiger charge is 2.33. The van der Waals surface area contributed by atoms with Crippen LogP contribution in [-0.2, 0) is 11.2 Å². The van der Waals surface area contributed by atoms with Crippen LogP contribution in [0.3, 0.4) is 0 Å². The van der Waals surface area contributed by atoms with Crippen LogP contribution in [0.4, 0.5) is 5.69 Å². The summed E-state index contributed by atoms with van der Waals surface area (Å²) in [7, 11) is 0. The van der Waals surface area contributed by atoms with Gasteiger partial charge in [-0.2, -0.15) is 0 Å². The number of carbonyl (C=O) groups is 1. The van der Waals surface area contributed by atoms with Crippen LogP contribution < -0.4 is 10.1 Å². The van der Waals surface area contributed by atoms with Gasteiger partial charge in [0.15, 0.2) is 0 Å². The van der Waals surface area contributed by atoms with Crippen LogP contribution >= 0.6 is 15.9 Å². The molecule has 0 saturated heterocycles. The Morgan fingerprint density at radius 2 is 2.16 bits per heavy atom.